The summed E-state index contributed by atoms with van der Waals surface area (Å²) < 4.78 is 6.10. The van der Waals surface area contributed by atoms with E-state index in [1.54, 1.807) is 13.8 Å². The van der Waals surface area contributed by atoms with Crippen molar-refractivity contribution in [2.75, 3.05) is 13.7 Å². The first-order chi connectivity index (χ1) is 8.74. The van der Waals surface area contributed by atoms with Crippen LogP contribution in [0.15, 0.2) is 4.58 Å². The van der Waals surface area contributed by atoms with Crippen LogP contribution in [0.5, 0.6) is 0 Å². The molecule has 2 amide bonds. The van der Waals surface area contributed by atoms with Crippen LogP contribution in [0.4, 0.5) is 0 Å². The van der Waals surface area contributed by atoms with Crippen molar-refractivity contribution >= 4 is 29.7 Å². The zero-order valence-electron chi connectivity index (χ0n) is 11.2. The van der Waals surface area contributed by atoms with Crippen molar-refractivity contribution < 1.29 is 19.1 Å². The molecule has 0 aliphatic heterocycles. The molecule has 0 fully saturated rings. The summed E-state index contributed by atoms with van der Waals surface area (Å²) in [6.07, 6.45) is 0. The fourth-order valence-corrected chi connectivity index (χ4v) is 1.70. The summed E-state index contributed by atoms with van der Waals surface area (Å²) in [5.41, 5.74) is 0. The number of nitrogens with one attached hydrogen (secondary N) is 2. The zero-order chi connectivity index (χ0) is 15.1. The first kappa shape index (κ1) is 17.4. The maximum absolute atomic E-state index is 11.9. The van der Waals surface area contributed by atoms with Crippen molar-refractivity contribution in [1.82, 2.24) is 10.6 Å². The van der Waals surface area contributed by atoms with Gasteiger partial charge in [0.2, 0.25) is 11.8 Å². The molecule has 0 bridgehead atoms. The molecule has 2 N–H and O–H groups in total. The Kier molecular flexibility index (Phi) is 7.05. The third-order valence-electron chi connectivity index (χ3n) is 2.21. The van der Waals surface area contributed by atoms with Gasteiger partial charge >= 0.3 is 5.97 Å². The molecular formula is C10H17N3O5S. The molecule has 0 aliphatic carbocycles. The van der Waals surface area contributed by atoms with Crippen LogP contribution in [0.2, 0.25) is 0 Å². The van der Waals surface area contributed by atoms with Crippen molar-refractivity contribution in [2.24, 2.45) is 4.58 Å². The van der Waals surface area contributed by atoms with E-state index in [-0.39, 0.29) is 6.54 Å². The topological polar surface area (TPSA) is 114 Å². The predicted octanol–water partition coefficient (Wildman–Crippen LogP) is -0.0265. The van der Waals surface area contributed by atoms with Gasteiger partial charge in [-0.05, 0) is 13.8 Å². The summed E-state index contributed by atoms with van der Waals surface area (Å²) in [5, 5.41) is 4.74. The lowest BCUT2D eigenvalue weighted by molar-refractivity contribution is -0.141. The number of nitroso groups, excluding NO2 is 1. The molecule has 8 nitrogen and oxygen atoms in total. The molecule has 0 aromatic carbocycles. The molecule has 0 heterocycles. The maximum Gasteiger partial charge on any atom is 0.325 e. The molecule has 0 aromatic rings. The summed E-state index contributed by atoms with van der Waals surface area (Å²) in [6, 6.07) is -1.00. The number of nitrogens with zero attached hydrogens (tertiary/aromatic N) is 1. The third-order valence-corrected chi connectivity index (χ3v) is 2.99. The quantitative estimate of drug-likeness (QED) is 0.387. The first-order valence-electron chi connectivity index (χ1n) is 5.37. The standard InChI is InChI=1S/C10H17N3O5S/c1-6(14)12-8(10(2,3)19-13-17)9(16)11-5-7(15)18-4/h8H,5H2,1-4H3,(H,11,16)(H,12,14). The lowest BCUT2D eigenvalue weighted by Crippen LogP contribution is -2.56. The Bertz CT molecular complexity index is 372. The number of rotatable bonds is 7. The van der Waals surface area contributed by atoms with E-state index in [0.29, 0.717) is 11.9 Å². The van der Waals surface area contributed by atoms with Crippen molar-refractivity contribution in [3.05, 3.63) is 4.91 Å². The Morgan fingerprint density at radius 1 is 1.37 bits per heavy atom. The molecule has 108 valence electrons. The Morgan fingerprint density at radius 2 is 1.95 bits per heavy atom. The van der Waals surface area contributed by atoms with Gasteiger partial charge in [0, 0.05) is 23.5 Å². The van der Waals surface area contributed by atoms with Crippen LogP contribution < -0.4 is 10.6 Å². The van der Waals surface area contributed by atoms with E-state index < -0.39 is 28.6 Å². The minimum absolute atomic E-state index is 0.319. The first-order valence-corrected chi connectivity index (χ1v) is 6.14. The average molecular weight is 291 g/mol. The second-order valence-corrected chi connectivity index (χ2v) is 5.58. The predicted molar refractivity (Wildman–Crippen MR) is 70.1 cm³/mol. The molecular weight excluding hydrogens is 274 g/mol. The monoisotopic (exact) mass is 291 g/mol. The minimum atomic E-state index is -1.00. The second kappa shape index (κ2) is 7.72. The van der Waals surface area contributed by atoms with Gasteiger partial charge in [0.15, 0.2) is 0 Å². The molecule has 0 saturated carbocycles. The van der Waals surface area contributed by atoms with E-state index in [4.69, 9.17) is 0 Å². The van der Waals surface area contributed by atoms with Gasteiger partial charge in [-0.25, -0.2) is 0 Å². The van der Waals surface area contributed by atoms with Crippen molar-refractivity contribution in [1.29, 1.82) is 0 Å². The fraction of sp³-hybridized carbons (Fsp3) is 0.700. The van der Waals surface area contributed by atoms with Gasteiger partial charge < -0.3 is 15.4 Å². The van der Waals surface area contributed by atoms with Gasteiger partial charge in [0.1, 0.15) is 12.6 Å². The fourth-order valence-electron chi connectivity index (χ4n) is 1.24. The SMILES string of the molecule is COC(=O)CNC(=O)C(NC(C)=O)C(C)(C)SN=O. The molecule has 19 heavy (non-hydrogen) atoms. The van der Waals surface area contributed by atoms with E-state index in [1.165, 1.54) is 14.0 Å². The summed E-state index contributed by atoms with van der Waals surface area (Å²) >= 11 is 0.630. The summed E-state index contributed by atoms with van der Waals surface area (Å²) in [5.74, 6) is -1.64. The van der Waals surface area contributed by atoms with Crippen LogP contribution in [0.3, 0.4) is 0 Å². The lowest BCUT2D eigenvalue weighted by atomic mass is 10.0. The largest absolute Gasteiger partial charge is 0.468 e. The molecule has 0 aromatic heterocycles. The number of hydrogen-bond acceptors (Lipinski definition) is 7. The normalized spacial score (nSPS) is 12.2. The van der Waals surface area contributed by atoms with E-state index in [2.05, 4.69) is 20.0 Å². The van der Waals surface area contributed by atoms with Crippen molar-refractivity contribution in [2.45, 2.75) is 31.6 Å². The highest BCUT2D eigenvalue weighted by molar-refractivity contribution is 7.99. The van der Waals surface area contributed by atoms with Crippen molar-refractivity contribution in [3.63, 3.8) is 0 Å². The van der Waals surface area contributed by atoms with E-state index in [9.17, 15) is 19.3 Å². The van der Waals surface area contributed by atoms with Crippen LogP contribution in [0, 0.1) is 4.91 Å². The minimum Gasteiger partial charge on any atom is -0.468 e. The third kappa shape index (κ3) is 6.18. The number of hydrogen-bond donors (Lipinski definition) is 2. The van der Waals surface area contributed by atoms with E-state index in [1.807, 2.05) is 0 Å². The lowest BCUT2D eigenvalue weighted by Gasteiger charge is -2.29. The Morgan fingerprint density at radius 3 is 2.37 bits per heavy atom. The highest BCUT2D eigenvalue weighted by Gasteiger charge is 2.37. The van der Waals surface area contributed by atoms with Gasteiger partial charge in [-0.1, -0.05) is 0 Å². The molecule has 1 atom stereocenters. The van der Waals surface area contributed by atoms with Crippen molar-refractivity contribution in [3.8, 4) is 0 Å². The van der Waals surface area contributed by atoms with E-state index >= 15 is 0 Å². The number of amides is 2. The van der Waals surface area contributed by atoms with Gasteiger partial charge in [0.25, 0.3) is 0 Å². The Labute approximate surface area is 115 Å². The molecule has 0 rings (SSSR count). The number of methoxy groups -OCH3 is 1. The van der Waals surface area contributed by atoms with Crippen LogP contribution in [0.1, 0.15) is 20.8 Å². The molecule has 0 spiro atoms. The summed E-state index contributed by atoms with van der Waals surface area (Å²) in [4.78, 5) is 44.3. The maximum atomic E-state index is 11.9. The van der Waals surface area contributed by atoms with Crippen LogP contribution >= 0.6 is 11.9 Å². The van der Waals surface area contributed by atoms with Crippen LogP contribution in [0.25, 0.3) is 0 Å². The average Bonchev–Trinajstić information content (AvgIpc) is 2.32. The van der Waals surface area contributed by atoms with Crippen LogP contribution in [-0.4, -0.2) is 42.2 Å². The molecule has 9 heteroatoms. The number of esters is 1. The van der Waals surface area contributed by atoms with Gasteiger partial charge in [-0.3, -0.25) is 14.4 Å². The highest BCUT2D eigenvalue weighted by Crippen LogP contribution is 2.29. The van der Waals surface area contributed by atoms with Gasteiger partial charge in [-0.2, -0.15) is 0 Å². The number of carbonyl (C=O) groups excluding carboxylic acids is 3. The smallest absolute Gasteiger partial charge is 0.325 e. The van der Waals surface area contributed by atoms with Gasteiger partial charge in [0.05, 0.1) is 11.9 Å². The molecule has 0 radical (unpaired) electrons. The Balaban J connectivity index is 4.83. The van der Waals surface area contributed by atoms with Crippen LogP contribution in [-0.2, 0) is 19.1 Å². The van der Waals surface area contributed by atoms with Gasteiger partial charge in [-0.15, -0.1) is 4.91 Å². The van der Waals surface area contributed by atoms with E-state index in [0.717, 1.165) is 0 Å². The molecule has 0 saturated heterocycles. The zero-order valence-corrected chi connectivity index (χ0v) is 12.0. The molecule has 0 aliphatic rings. The summed E-state index contributed by atoms with van der Waals surface area (Å²) in [6.45, 7) is 4.09. The number of ether oxygens (including phenoxy) is 1. The Hall–Kier alpha value is -1.64. The number of carbonyl (C=O) groups is 3. The summed E-state index contributed by atoms with van der Waals surface area (Å²) in [7, 11) is 1.19. The molecule has 1 unspecified atom stereocenters. The highest BCUT2D eigenvalue weighted by atomic mass is 32.2. The second-order valence-electron chi connectivity index (χ2n) is 4.20.